The number of rotatable bonds is 8. The van der Waals surface area contributed by atoms with Crippen LogP contribution in [0, 0.1) is 5.92 Å². The third kappa shape index (κ3) is 4.88. The van der Waals surface area contributed by atoms with Gasteiger partial charge in [-0.25, -0.2) is 0 Å². The van der Waals surface area contributed by atoms with E-state index in [1.165, 1.54) is 0 Å². The highest BCUT2D eigenvalue weighted by Crippen LogP contribution is 2.29. The molecule has 126 valence electrons. The molecule has 5 nitrogen and oxygen atoms in total. The molecule has 0 saturated carbocycles. The zero-order chi connectivity index (χ0) is 17.0. The SMILES string of the molecule is CC(C)C[C@H](NC(=O)[C@@H](N)Cc1ccccc1)C(=O)C1(C)CO1. The molecule has 3 atom stereocenters. The molecule has 1 heterocycles. The van der Waals surface area contributed by atoms with Gasteiger partial charge < -0.3 is 15.8 Å². The lowest BCUT2D eigenvalue weighted by molar-refractivity contribution is -0.131. The Morgan fingerprint density at radius 1 is 1.30 bits per heavy atom. The molecule has 0 radical (unpaired) electrons. The average molecular weight is 318 g/mol. The molecule has 1 aliphatic heterocycles. The Bertz CT molecular complexity index is 553. The first-order valence-corrected chi connectivity index (χ1v) is 8.10. The van der Waals surface area contributed by atoms with Crippen LogP contribution in [-0.2, 0) is 20.7 Å². The average Bonchev–Trinajstić information content (AvgIpc) is 3.25. The summed E-state index contributed by atoms with van der Waals surface area (Å²) in [6, 6.07) is 8.39. The topological polar surface area (TPSA) is 84.7 Å². The summed E-state index contributed by atoms with van der Waals surface area (Å²) >= 11 is 0. The van der Waals surface area contributed by atoms with E-state index in [1.54, 1.807) is 6.92 Å². The molecule has 0 aliphatic carbocycles. The summed E-state index contributed by atoms with van der Waals surface area (Å²) in [5, 5.41) is 2.82. The first-order chi connectivity index (χ1) is 10.8. The number of carbonyl (C=O) groups is 2. The molecular formula is C18H26N2O3. The third-order valence-electron chi connectivity index (χ3n) is 4.07. The molecule has 0 aromatic heterocycles. The molecule has 23 heavy (non-hydrogen) atoms. The van der Waals surface area contributed by atoms with Crippen LogP contribution in [0.1, 0.15) is 32.8 Å². The number of benzene rings is 1. The molecule has 1 saturated heterocycles. The van der Waals surface area contributed by atoms with Gasteiger partial charge in [-0.3, -0.25) is 9.59 Å². The largest absolute Gasteiger partial charge is 0.361 e. The predicted molar refractivity (Wildman–Crippen MR) is 88.9 cm³/mol. The van der Waals surface area contributed by atoms with Gasteiger partial charge in [0.2, 0.25) is 5.91 Å². The number of hydrogen-bond donors (Lipinski definition) is 2. The van der Waals surface area contributed by atoms with Gasteiger partial charge in [0.15, 0.2) is 5.78 Å². The number of nitrogens with one attached hydrogen (secondary N) is 1. The zero-order valence-electron chi connectivity index (χ0n) is 14.0. The fraction of sp³-hybridized carbons (Fsp3) is 0.556. The maximum atomic E-state index is 12.5. The summed E-state index contributed by atoms with van der Waals surface area (Å²) in [5.41, 5.74) is 6.26. The normalized spacial score (nSPS) is 22.5. The van der Waals surface area contributed by atoms with E-state index in [1.807, 2.05) is 44.2 Å². The van der Waals surface area contributed by atoms with Gasteiger partial charge in [-0.2, -0.15) is 0 Å². The third-order valence-corrected chi connectivity index (χ3v) is 4.07. The maximum Gasteiger partial charge on any atom is 0.237 e. The molecule has 1 amide bonds. The predicted octanol–water partition coefficient (Wildman–Crippen LogP) is 1.45. The van der Waals surface area contributed by atoms with Crippen molar-refractivity contribution in [3.63, 3.8) is 0 Å². The van der Waals surface area contributed by atoms with Gasteiger partial charge in [0.05, 0.1) is 18.7 Å². The minimum absolute atomic E-state index is 0.0635. The number of ketones is 1. The van der Waals surface area contributed by atoms with Crippen LogP contribution in [0.25, 0.3) is 0 Å². The van der Waals surface area contributed by atoms with Crippen molar-refractivity contribution in [2.45, 2.75) is 51.3 Å². The number of ether oxygens (including phenoxy) is 1. The lowest BCUT2D eigenvalue weighted by atomic mass is 9.93. The van der Waals surface area contributed by atoms with E-state index in [4.69, 9.17) is 10.5 Å². The molecule has 1 fully saturated rings. The Morgan fingerprint density at radius 3 is 2.43 bits per heavy atom. The number of hydrogen-bond acceptors (Lipinski definition) is 4. The fourth-order valence-corrected chi connectivity index (χ4v) is 2.56. The van der Waals surface area contributed by atoms with E-state index >= 15 is 0 Å². The molecule has 2 rings (SSSR count). The van der Waals surface area contributed by atoms with Crippen molar-refractivity contribution >= 4 is 11.7 Å². The smallest absolute Gasteiger partial charge is 0.237 e. The minimum atomic E-state index is -0.740. The van der Waals surface area contributed by atoms with E-state index in [0.29, 0.717) is 19.4 Å². The molecule has 0 bridgehead atoms. The molecule has 3 N–H and O–H groups in total. The van der Waals surface area contributed by atoms with Crippen LogP contribution in [0.5, 0.6) is 0 Å². The van der Waals surface area contributed by atoms with Crippen molar-refractivity contribution < 1.29 is 14.3 Å². The first kappa shape index (κ1) is 17.6. The second kappa shape index (κ2) is 7.23. The number of nitrogens with two attached hydrogens (primary N) is 1. The highest BCUT2D eigenvalue weighted by molar-refractivity contribution is 5.97. The Kier molecular flexibility index (Phi) is 5.55. The Hall–Kier alpha value is -1.72. The number of amides is 1. The van der Waals surface area contributed by atoms with Gasteiger partial charge in [-0.05, 0) is 31.2 Å². The van der Waals surface area contributed by atoms with Gasteiger partial charge in [0.25, 0.3) is 0 Å². The summed E-state index contributed by atoms with van der Waals surface area (Å²) in [6.45, 7) is 6.23. The van der Waals surface area contributed by atoms with Gasteiger partial charge in [0, 0.05) is 0 Å². The Morgan fingerprint density at radius 2 is 1.91 bits per heavy atom. The highest BCUT2D eigenvalue weighted by atomic mass is 16.6. The number of carbonyl (C=O) groups excluding carboxylic acids is 2. The van der Waals surface area contributed by atoms with Crippen LogP contribution in [0.4, 0.5) is 0 Å². The van der Waals surface area contributed by atoms with Gasteiger partial charge >= 0.3 is 0 Å². The molecule has 1 aromatic rings. The van der Waals surface area contributed by atoms with Crippen LogP contribution in [-0.4, -0.2) is 36.0 Å². The van der Waals surface area contributed by atoms with Crippen LogP contribution in [0.15, 0.2) is 30.3 Å². The minimum Gasteiger partial charge on any atom is -0.361 e. The molecule has 5 heteroatoms. The molecule has 1 aromatic carbocycles. The monoisotopic (exact) mass is 318 g/mol. The van der Waals surface area contributed by atoms with Gasteiger partial charge in [-0.15, -0.1) is 0 Å². The van der Waals surface area contributed by atoms with E-state index in [9.17, 15) is 9.59 Å². The second-order valence-corrected chi connectivity index (χ2v) is 6.87. The van der Waals surface area contributed by atoms with Gasteiger partial charge in [-0.1, -0.05) is 44.2 Å². The van der Waals surface area contributed by atoms with Crippen molar-refractivity contribution in [1.82, 2.24) is 5.32 Å². The van der Waals surface area contributed by atoms with Gasteiger partial charge in [0.1, 0.15) is 5.60 Å². The lowest BCUT2D eigenvalue weighted by Crippen LogP contribution is -2.52. The van der Waals surface area contributed by atoms with Crippen LogP contribution in [0.3, 0.4) is 0 Å². The Balaban J connectivity index is 1.97. The summed E-state index contributed by atoms with van der Waals surface area (Å²) in [5.74, 6) is -0.0690. The number of epoxide rings is 1. The zero-order valence-corrected chi connectivity index (χ0v) is 14.0. The van der Waals surface area contributed by atoms with Crippen molar-refractivity contribution in [2.75, 3.05) is 6.61 Å². The van der Waals surface area contributed by atoms with E-state index in [2.05, 4.69) is 5.32 Å². The molecule has 1 aliphatic rings. The van der Waals surface area contributed by atoms with Crippen molar-refractivity contribution in [3.8, 4) is 0 Å². The summed E-state index contributed by atoms with van der Waals surface area (Å²) < 4.78 is 5.23. The Labute approximate surface area is 137 Å². The molecular weight excluding hydrogens is 292 g/mol. The number of Topliss-reactive ketones (excluding diaryl/α,β-unsaturated/α-hetero) is 1. The van der Waals surface area contributed by atoms with Crippen LogP contribution >= 0.6 is 0 Å². The van der Waals surface area contributed by atoms with E-state index in [-0.39, 0.29) is 17.6 Å². The lowest BCUT2D eigenvalue weighted by Gasteiger charge is -2.23. The van der Waals surface area contributed by atoms with Crippen LogP contribution in [0.2, 0.25) is 0 Å². The highest BCUT2D eigenvalue weighted by Gasteiger charge is 2.50. The maximum absolute atomic E-state index is 12.5. The van der Waals surface area contributed by atoms with Crippen molar-refractivity contribution in [3.05, 3.63) is 35.9 Å². The summed E-state index contributed by atoms with van der Waals surface area (Å²) in [6.07, 6.45) is 1.03. The quantitative estimate of drug-likeness (QED) is 0.710. The van der Waals surface area contributed by atoms with Crippen molar-refractivity contribution in [1.29, 1.82) is 0 Å². The summed E-state index contributed by atoms with van der Waals surface area (Å²) in [7, 11) is 0. The molecule has 1 unspecified atom stereocenters. The molecule has 0 spiro atoms. The first-order valence-electron chi connectivity index (χ1n) is 8.10. The summed E-state index contributed by atoms with van der Waals surface area (Å²) in [4.78, 5) is 24.9. The van der Waals surface area contributed by atoms with E-state index < -0.39 is 17.7 Å². The van der Waals surface area contributed by atoms with Crippen LogP contribution < -0.4 is 11.1 Å². The fourth-order valence-electron chi connectivity index (χ4n) is 2.56. The van der Waals surface area contributed by atoms with E-state index in [0.717, 1.165) is 5.56 Å². The van der Waals surface area contributed by atoms with Crippen molar-refractivity contribution in [2.24, 2.45) is 11.7 Å². The standard InChI is InChI=1S/C18H26N2O3/c1-12(2)9-15(16(21)18(3)11-23-18)20-17(22)14(19)10-13-7-5-4-6-8-13/h4-8,12,14-15H,9-11,19H2,1-3H3,(H,20,22)/t14-,15-,18?/m0/s1. The second-order valence-electron chi connectivity index (χ2n) is 6.87.